The Morgan fingerprint density at radius 2 is 2.00 bits per heavy atom. The number of hydrogen-bond acceptors (Lipinski definition) is 2. The van der Waals surface area contributed by atoms with Crippen LogP contribution in [0.25, 0.3) is 0 Å². The number of nitrogens with one attached hydrogen (secondary N) is 1. The first-order valence-electron chi connectivity index (χ1n) is 6.49. The van der Waals surface area contributed by atoms with Gasteiger partial charge in [-0.2, -0.15) is 0 Å². The van der Waals surface area contributed by atoms with Crippen LogP contribution in [0, 0.1) is 0 Å². The molecule has 1 amide bonds. The van der Waals surface area contributed by atoms with Gasteiger partial charge in [-0.1, -0.05) is 41.9 Å². The fourth-order valence-corrected chi connectivity index (χ4v) is 2.52. The predicted octanol–water partition coefficient (Wildman–Crippen LogP) is 4.19. The predicted molar refractivity (Wildman–Crippen MR) is 87.5 cm³/mol. The van der Waals surface area contributed by atoms with Crippen LogP contribution < -0.4 is 10.1 Å². The first kappa shape index (κ1) is 15.9. The highest BCUT2D eigenvalue weighted by Gasteiger charge is 2.15. The van der Waals surface area contributed by atoms with Gasteiger partial charge in [-0.25, -0.2) is 0 Å². The Kier molecular flexibility index (Phi) is 5.65. The van der Waals surface area contributed by atoms with Crippen molar-refractivity contribution in [1.82, 2.24) is 5.32 Å². The summed E-state index contributed by atoms with van der Waals surface area (Å²) < 4.78 is 6.35. The molecule has 0 saturated heterocycles. The lowest BCUT2D eigenvalue weighted by Crippen LogP contribution is -2.35. The van der Waals surface area contributed by atoms with Crippen LogP contribution in [-0.2, 0) is 11.3 Å². The summed E-state index contributed by atoms with van der Waals surface area (Å²) in [5.74, 6) is 0.419. The van der Waals surface area contributed by atoms with E-state index in [9.17, 15) is 4.79 Å². The van der Waals surface area contributed by atoms with Crippen molar-refractivity contribution in [2.75, 3.05) is 0 Å². The highest BCUT2D eigenvalue weighted by atomic mass is 79.9. The molecule has 5 heteroatoms. The van der Waals surface area contributed by atoms with Crippen molar-refractivity contribution < 1.29 is 9.53 Å². The zero-order chi connectivity index (χ0) is 15.2. The van der Waals surface area contributed by atoms with E-state index in [4.69, 9.17) is 16.3 Å². The van der Waals surface area contributed by atoms with E-state index in [1.165, 1.54) is 0 Å². The Bertz CT molecular complexity index is 619. The van der Waals surface area contributed by atoms with E-state index < -0.39 is 6.10 Å². The number of carbonyl (C=O) groups excluding carboxylic acids is 1. The second-order valence-electron chi connectivity index (χ2n) is 4.54. The Hall–Kier alpha value is -1.52. The number of halogens is 2. The molecule has 1 atom stereocenters. The molecule has 1 N–H and O–H groups in total. The van der Waals surface area contributed by atoms with Gasteiger partial charge in [0.25, 0.3) is 5.91 Å². The molecule has 0 spiro atoms. The van der Waals surface area contributed by atoms with E-state index in [2.05, 4.69) is 21.2 Å². The van der Waals surface area contributed by atoms with Crippen LogP contribution in [0.15, 0.2) is 53.0 Å². The van der Waals surface area contributed by atoms with Gasteiger partial charge in [0.1, 0.15) is 5.75 Å². The van der Waals surface area contributed by atoms with Crippen molar-refractivity contribution in [1.29, 1.82) is 0 Å². The summed E-state index contributed by atoms with van der Waals surface area (Å²) in [6.07, 6.45) is -0.591. The SMILES string of the molecule is C[C@H](Oc1ccc(Cl)cc1Br)C(=O)NCc1ccccc1. The maximum absolute atomic E-state index is 12.0. The third-order valence-corrected chi connectivity index (χ3v) is 3.73. The smallest absolute Gasteiger partial charge is 0.261 e. The van der Waals surface area contributed by atoms with Gasteiger partial charge in [0.2, 0.25) is 0 Å². The Morgan fingerprint density at radius 3 is 2.67 bits per heavy atom. The minimum atomic E-state index is -0.591. The average molecular weight is 369 g/mol. The van der Waals surface area contributed by atoms with E-state index in [-0.39, 0.29) is 5.91 Å². The highest BCUT2D eigenvalue weighted by Crippen LogP contribution is 2.28. The molecule has 2 rings (SSSR count). The number of ether oxygens (including phenoxy) is 1. The second kappa shape index (κ2) is 7.48. The fourth-order valence-electron chi connectivity index (χ4n) is 1.74. The molecule has 0 aliphatic rings. The zero-order valence-corrected chi connectivity index (χ0v) is 13.8. The summed E-state index contributed by atoms with van der Waals surface area (Å²) >= 11 is 9.23. The maximum Gasteiger partial charge on any atom is 0.261 e. The van der Waals surface area contributed by atoms with E-state index >= 15 is 0 Å². The third-order valence-electron chi connectivity index (χ3n) is 2.88. The van der Waals surface area contributed by atoms with Crippen LogP contribution in [0.4, 0.5) is 0 Å². The van der Waals surface area contributed by atoms with Gasteiger partial charge in [0, 0.05) is 11.6 Å². The van der Waals surface area contributed by atoms with E-state index in [0.29, 0.717) is 17.3 Å². The van der Waals surface area contributed by atoms with Crippen LogP contribution >= 0.6 is 27.5 Å². The molecule has 0 saturated carbocycles. The molecule has 2 aromatic carbocycles. The summed E-state index contributed by atoms with van der Waals surface area (Å²) in [5.41, 5.74) is 1.05. The number of amides is 1. The van der Waals surface area contributed by atoms with Gasteiger partial charge in [0.05, 0.1) is 4.47 Å². The van der Waals surface area contributed by atoms with Crippen LogP contribution in [-0.4, -0.2) is 12.0 Å². The topological polar surface area (TPSA) is 38.3 Å². The first-order valence-corrected chi connectivity index (χ1v) is 7.66. The first-order chi connectivity index (χ1) is 10.1. The molecule has 21 heavy (non-hydrogen) atoms. The molecule has 0 aliphatic carbocycles. The molecule has 0 bridgehead atoms. The Labute approximate surface area is 137 Å². The molecule has 3 nitrogen and oxygen atoms in total. The summed E-state index contributed by atoms with van der Waals surface area (Å²) in [6, 6.07) is 14.9. The number of hydrogen-bond donors (Lipinski definition) is 1. The summed E-state index contributed by atoms with van der Waals surface area (Å²) in [4.78, 5) is 12.0. The quantitative estimate of drug-likeness (QED) is 0.859. The lowest BCUT2D eigenvalue weighted by Gasteiger charge is -2.16. The summed E-state index contributed by atoms with van der Waals surface area (Å²) in [6.45, 7) is 2.19. The monoisotopic (exact) mass is 367 g/mol. The van der Waals surface area contributed by atoms with Gasteiger partial charge in [-0.3, -0.25) is 4.79 Å². The van der Waals surface area contributed by atoms with Crippen molar-refractivity contribution in [2.24, 2.45) is 0 Å². The minimum Gasteiger partial charge on any atom is -0.480 e. The van der Waals surface area contributed by atoms with E-state index in [1.54, 1.807) is 25.1 Å². The van der Waals surface area contributed by atoms with Crippen LogP contribution in [0.2, 0.25) is 5.02 Å². The molecule has 0 radical (unpaired) electrons. The van der Waals surface area contributed by atoms with Gasteiger partial charge >= 0.3 is 0 Å². The highest BCUT2D eigenvalue weighted by molar-refractivity contribution is 9.10. The second-order valence-corrected chi connectivity index (χ2v) is 5.83. The minimum absolute atomic E-state index is 0.166. The molecule has 0 heterocycles. The maximum atomic E-state index is 12.0. The fraction of sp³-hybridized carbons (Fsp3) is 0.188. The van der Waals surface area contributed by atoms with Crippen LogP contribution in [0.3, 0.4) is 0 Å². The number of rotatable bonds is 5. The molecular weight excluding hydrogens is 354 g/mol. The van der Waals surface area contributed by atoms with Gasteiger partial charge in [-0.15, -0.1) is 0 Å². The largest absolute Gasteiger partial charge is 0.480 e. The van der Waals surface area contributed by atoms with Gasteiger partial charge in [0.15, 0.2) is 6.10 Å². The van der Waals surface area contributed by atoms with Crippen molar-refractivity contribution >= 4 is 33.4 Å². The summed E-state index contributed by atoms with van der Waals surface area (Å²) in [5, 5.41) is 3.45. The van der Waals surface area contributed by atoms with Crippen LogP contribution in [0.5, 0.6) is 5.75 Å². The Morgan fingerprint density at radius 1 is 1.29 bits per heavy atom. The molecule has 2 aromatic rings. The Balaban J connectivity index is 1.90. The summed E-state index contributed by atoms with van der Waals surface area (Å²) in [7, 11) is 0. The van der Waals surface area contributed by atoms with E-state index in [1.807, 2.05) is 30.3 Å². The molecule has 0 aromatic heterocycles. The molecule has 0 fully saturated rings. The number of benzene rings is 2. The van der Waals surface area contributed by atoms with Crippen LogP contribution in [0.1, 0.15) is 12.5 Å². The lowest BCUT2D eigenvalue weighted by atomic mass is 10.2. The van der Waals surface area contributed by atoms with E-state index in [0.717, 1.165) is 10.0 Å². The average Bonchev–Trinajstić information content (AvgIpc) is 2.48. The standard InChI is InChI=1S/C16H15BrClNO2/c1-11(21-15-8-7-13(18)9-14(15)17)16(20)19-10-12-5-3-2-4-6-12/h2-9,11H,10H2,1H3,(H,19,20)/t11-/m0/s1. The van der Waals surface area contributed by atoms with Crippen molar-refractivity contribution in [3.63, 3.8) is 0 Å². The molecule has 0 aliphatic heterocycles. The van der Waals surface area contributed by atoms with Gasteiger partial charge in [-0.05, 0) is 46.6 Å². The zero-order valence-electron chi connectivity index (χ0n) is 11.5. The molecule has 0 unspecified atom stereocenters. The lowest BCUT2D eigenvalue weighted by molar-refractivity contribution is -0.127. The molecular formula is C16H15BrClNO2. The van der Waals surface area contributed by atoms with Crippen molar-refractivity contribution in [3.8, 4) is 5.75 Å². The van der Waals surface area contributed by atoms with Gasteiger partial charge < -0.3 is 10.1 Å². The molecule has 110 valence electrons. The van der Waals surface area contributed by atoms with Crippen molar-refractivity contribution in [2.45, 2.75) is 19.6 Å². The normalized spacial score (nSPS) is 11.8. The number of carbonyl (C=O) groups is 1. The third kappa shape index (κ3) is 4.76. The van der Waals surface area contributed by atoms with Crippen molar-refractivity contribution in [3.05, 3.63) is 63.6 Å².